The van der Waals surface area contributed by atoms with Crippen molar-refractivity contribution < 1.29 is 9.18 Å². The summed E-state index contributed by atoms with van der Waals surface area (Å²) >= 11 is 12.1. The topological polar surface area (TPSA) is 44.4 Å². The van der Waals surface area contributed by atoms with Crippen molar-refractivity contribution in [2.45, 2.75) is 6.04 Å². The molecule has 3 rings (SSSR count). The Morgan fingerprint density at radius 1 is 1.27 bits per heavy atom. The van der Waals surface area contributed by atoms with Gasteiger partial charge in [-0.25, -0.2) is 4.39 Å². The van der Waals surface area contributed by atoms with Crippen molar-refractivity contribution in [1.29, 1.82) is 0 Å². The third kappa shape index (κ3) is 5.09. The van der Waals surface area contributed by atoms with Gasteiger partial charge in [-0.1, -0.05) is 41.4 Å². The minimum Gasteiger partial charge on any atom is -0.324 e. The van der Waals surface area contributed by atoms with E-state index in [1.807, 2.05) is 11.0 Å². The van der Waals surface area contributed by atoms with Gasteiger partial charge in [0.15, 0.2) is 0 Å². The minimum atomic E-state index is -0.279. The van der Waals surface area contributed by atoms with Crippen LogP contribution in [0.5, 0.6) is 0 Å². The van der Waals surface area contributed by atoms with Gasteiger partial charge in [0.2, 0.25) is 5.91 Å². The number of amides is 1. The van der Waals surface area contributed by atoms with Crippen LogP contribution in [-0.2, 0) is 4.79 Å². The molecule has 8 heteroatoms. The van der Waals surface area contributed by atoms with Gasteiger partial charge in [0, 0.05) is 25.7 Å². The van der Waals surface area contributed by atoms with Gasteiger partial charge in [-0.3, -0.25) is 9.69 Å². The number of hydrogen-bond donors (Lipinski definition) is 2. The first-order valence-corrected chi connectivity index (χ1v) is 8.74. The molecule has 1 heterocycles. The SMILES string of the molecule is Cl.O=C(CN1CCNCC1c1cccc(F)c1)Nc1cccc(Cl)c1Cl. The molecule has 1 saturated heterocycles. The maximum atomic E-state index is 13.5. The molecule has 2 aromatic carbocycles. The van der Waals surface area contributed by atoms with Gasteiger partial charge in [-0.2, -0.15) is 0 Å². The van der Waals surface area contributed by atoms with E-state index >= 15 is 0 Å². The summed E-state index contributed by atoms with van der Waals surface area (Å²) in [6, 6.07) is 11.5. The van der Waals surface area contributed by atoms with Crippen LogP contribution in [0.4, 0.5) is 10.1 Å². The van der Waals surface area contributed by atoms with Crippen molar-refractivity contribution >= 4 is 47.2 Å². The minimum absolute atomic E-state index is 0. The molecule has 1 atom stereocenters. The molecule has 0 spiro atoms. The van der Waals surface area contributed by atoms with E-state index in [-0.39, 0.29) is 36.7 Å². The van der Waals surface area contributed by atoms with Crippen LogP contribution in [-0.4, -0.2) is 37.0 Å². The lowest BCUT2D eigenvalue weighted by Crippen LogP contribution is -2.48. The van der Waals surface area contributed by atoms with Crippen LogP contribution in [0.2, 0.25) is 10.0 Å². The normalized spacial score (nSPS) is 17.4. The summed E-state index contributed by atoms with van der Waals surface area (Å²) in [5.41, 5.74) is 1.33. The van der Waals surface area contributed by atoms with Crippen LogP contribution in [0.15, 0.2) is 42.5 Å². The lowest BCUT2D eigenvalue weighted by Gasteiger charge is -2.36. The number of anilines is 1. The molecule has 1 amide bonds. The van der Waals surface area contributed by atoms with E-state index in [4.69, 9.17) is 23.2 Å². The molecule has 1 unspecified atom stereocenters. The van der Waals surface area contributed by atoms with Crippen molar-refractivity contribution in [2.75, 3.05) is 31.5 Å². The Hall–Kier alpha value is -1.37. The fourth-order valence-corrected chi connectivity index (χ4v) is 3.30. The van der Waals surface area contributed by atoms with Gasteiger partial charge < -0.3 is 10.6 Å². The zero-order valence-electron chi connectivity index (χ0n) is 13.8. The monoisotopic (exact) mass is 417 g/mol. The molecular weight excluding hydrogens is 400 g/mol. The second kappa shape index (κ2) is 9.53. The zero-order chi connectivity index (χ0) is 17.8. The fraction of sp³-hybridized carbons (Fsp3) is 0.278. The summed E-state index contributed by atoms with van der Waals surface area (Å²) in [5.74, 6) is -0.467. The Kier molecular flexibility index (Phi) is 7.68. The Balaban J connectivity index is 0.00000243. The van der Waals surface area contributed by atoms with Crippen molar-refractivity contribution in [3.8, 4) is 0 Å². The van der Waals surface area contributed by atoms with E-state index in [2.05, 4.69) is 10.6 Å². The molecule has 4 nitrogen and oxygen atoms in total. The van der Waals surface area contributed by atoms with Crippen LogP contribution in [0.25, 0.3) is 0 Å². The quantitative estimate of drug-likeness (QED) is 0.784. The van der Waals surface area contributed by atoms with Gasteiger partial charge in [0.1, 0.15) is 5.82 Å². The number of benzene rings is 2. The molecule has 0 aliphatic carbocycles. The molecule has 0 aromatic heterocycles. The molecule has 26 heavy (non-hydrogen) atoms. The Bertz CT molecular complexity index is 775. The van der Waals surface area contributed by atoms with Crippen LogP contribution < -0.4 is 10.6 Å². The van der Waals surface area contributed by atoms with E-state index in [0.717, 1.165) is 12.1 Å². The molecule has 0 saturated carbocycles. The molecule has 2 N–H and O–H groups in total. The average molecular weight is 419 g/mol. The highest BCUT2D eigenvalue weighted by Crippen LogP contribution is 2.29. The van der Waals surface area contributed by atoms with E-state index in [0.29, 0.717) is 28.8 Å². The van der Waals surface area contributed by atoms with E-state index < -0.39 is 0 Å². The number of rotatable bonds is 4. The predicted molar refractivity (Wildman–Crippen MR) is 106 cm³/mol. The maximum Gasteiger partial charge on any atom is 0.238 e. The lowest BCUT2D eigenvalue weighted by molar-refractivity contribution is -0.118. The molecular formula is C18H19Cl3FN3O. The largest absolute Gasteiger partial charge is 0.324 e. The first-order valence-electron chi connectivity index (χ1n) is 7.98. The highest BCUT2D eigenvalue weighted by Gasteiger charge is 2.26. The van der Waals surface area contributed by atoms with Gasteiger partial charge in [0.25, 0.3) is 0 Å². The predicted octanol–water partition coefficient (Wildman–Crippen LogP) is 4.14. The van der Waals surface area contributed by atoms with Crippen molar-refractivity contribution in [3.63, 3.8) is 0 Å². The number of hydrogen-bond acceptors (Lipinski definition) is 3. The summed E-state index contributed by atoms with van der Waals surface area (Å²) in [4.78, 5) is 14.5. The number of carbonyl (C=O) groups excluding carboxylic acids is 1. The summed E-state index contributed by atoms with van der Waals surface area (Å²) in [5, 5.41) is 6.79. The molecule has 2 aromatic rings. The Labute approximate surface area is 168 Å². The summed E-state index contributed by atoms with van der Waals surface area (Å²) < 4.78 is 13.5. The summed E-state index contributed by atoms with van der Waals surface area (Å²) in [6.45, 7) is 2.31. The van der Waals surface area contributed by atoms with E-state index in [1.165, 1.54) is 12.1 Å². The van der Waals surface area contributed by atoms with Gasteiger partial charge >= 0.3 is 0 Å². The highest BCUT2D eigenvalue weighted by atomic mass is 35.5. The Morgan fingerprint density at radius 3 is 2.81 bits per heavy atom. The third-order valence-electron chi connectivity index (χ3n) is 4.16. The van der Waals surface area contributed by atoms with Crippen molar-refractivity contribution in [3.05, 3.63) is 63.9 Å². The smallest absolute Gasteiger partial charge is 0.238 e. The zero-order valence-corrected chi connectivity index (χ0v) is 16.2. The van der Waals surface area contributed by atoms with E-state index in [9.17, 15) is 9.18 Å². The fourth-order valence-electron chi connectivity index (χ4n) is 2.95. The third-order valence-corrected chi connectivity index (χ3v) is 4.98. The first-order chi connectivity index (χ1) is 12.0. The standard InChI is InChI=1S/C18H18Cl2FN3O.ClH/c19-14-5-2-6-15(18(14)20)23-17(25)11-24-8-7-22-10-16(24)12-3-1-4-13(21)9-12;/h1-6,9,16,22H,7-8,10-11H2,(H,23,25);1H. The van der Waals surface area contributed by atoms with Crippen LogP contribution in [0.3, 0.4) is 0 Å². The van der Waals surface area contributed by atoms with Crippen molar-refractivity contribution in [1.82, 2.24) is 10.2 Å². The number of carbonyl (C=O) groups is 1. The second-order valence-electron chi connectivity index (χ2n) is 5.89. The molecule has 1 fully saturated rings. The van der Waals surface area contributed by atoms with E-state index in [1.54, 1.807) is 24.3 Å². The molecule has 0 bridgehead atoms. The Morgan fingerprint density at radius 2 is 2.04 bits per heavy atom. The maximum absolute atomic E-state index is 13.5. The average Bonchev–Trinajstić information content (AvgIpc) is 2.59. The number of nitrogens with one attached hydrogen (secondary N) is 2. The van der Waals surface area contributed by atoms with Gasteiger partial charge in [-0.05, 0) is 29.8 Å². The van der Waals surface area contributed by atoms with Crippen LogP contribution >= 0.6 is 35.6 Å². The van der Waals surface area contributed by atoms with Crippen molar-refractivity contribution in [2.24, 2.45) is 0 Å². The van der Waals surface area contributed by atoms with Gasteiger partial charge in [0.05, 0.1) is 22.3 Å². The second-order valence-corrected chi connectivity index (χ2v) is 6.68. The number of halogens is 4. The van der Waals surface area contributed by atoms with Gasteiger partial charge in [-0.15, -0.1) is 12.4 Å². The van der Waals surface area contributed by atoms with Crippen LogP contribution in [0.1, 0.15) is 11.6 Å². The molecule has 1 aliphatic rings. The molecule has 1 aliphatic heterocycles. The van der Waals surface area contributed by atoms with Crippen LogP contribution in [0, 0.1) is 5.82 Å². The lowest BCUT2D eigenvalue weighted by atomic mass is 10.0. The molecule has 140 valence electrons. The summed E-state index contributed by atoms with van der Waals surface area (Å²) in [6.07, 6.45) is 0. The summed E-state index contributed by atoms with van der Waals surface area (Å²) in [7, 11) is 0. The molecule has 0 radical (unpaired) electrons. The number of piperazine rings is 1. The first kappa shape index (κ1) is 20.9. The highest BCUT2D eigenvalue weighted by molar-refractivity contribution is 6.44. The number of nitrogens with zero attached hydrogens (tertiary/aromatic N) is 1.